The van der Waals surface area contributed by atoms with Crippen LogP contribution in [0.5, 0.6) is 5.75 Å². The van der Waals surface area contributed by atoms with Crippen molar-refractivity contribution < 1.29 is 19.4 Å². The first-order valence-corrected chi connectivity index (χ1v) is 8.75. The molecule has 0 radical (unpaired) electrons. The van der Waals surface area contributed by atoms with Crippen molar-refractivity contribution in [3.63, 3.8) is 0 Å². The summed E-state index contributed by atoms with van der Waals surface area (Å²) in [4.78, 5) is 24.1. The number of amides is 1. The zero-order valence-electron chi connectivity index (χ0n) is 14.9. The quantitative estimate of drug-likeness (QED) is 0.649. The molecule has 0 aromatic heterocycles. The number of hydrogen-bond acceptors (Lipinski definition) is 3. The number of nitrogens with one attached hydrogen (secondary N) is 1. The van der Waals surface area contributed by atoms with Gasteiger partial charge in [-0.2, -0.15) is 0 Å². The number of carboxylic acids is 1. The second-order valence-electron chi connectivity index (χ2n) is 6.04. The van der Waals surface area contributed by atoms with Gasteiger partial charge in [0.15, 0.2) is 0 Å². The Morgan fingerprint density at radius 3 is 2.44 bits per heavy atom. The van der Waals surface area contributed by atoms with Gasteiger partial charge in [0.25, 0.3) is 5.91 Å². The van der Waals surface area contributed by atoms with E-state index >= 15 is 0 Å². The van der Waals surface area contributed by atoms with Gasteiger partial charge in [0.1, 0.15) is 5.75 Å². The molecule has 0 aliphatic heterocycles. The molecular weight excluding hydrogens is 366 g/mol. The average Bonchev–Trinajstić information content (AvgIpc) is 2.67. The van der Waals surface area contributed by atoms with Crippen molar-refractivity contribution in [2.75, 3.05) is 12.4 Å². The summed E-state index contributed by atoms with van der Waals surface area (Å²) >= 11 is 5.99. The number of aryl methyl sites for hydroxylation is 1. The summed E-state index contributed by atoms with van der Waals surface area (Å²) in [5, 5.41) is 14.2. The van der Waals surface area contributed by atoms with Crippen LogP contribution in [0.1, 0.15) is 33.2 Å². The highest BCUT2D eigenvalue weighted by Crippen LogP contribution is 2.31. The Morgan fingerprint density at radius 1 is 1.07 bits per heavy atom. The lowest BCUT2D eigenvalue weighted by Crippen LogP contribution is -2.15. The molecule has 3 aromatic rings. The van der Waals surface area contributed by atoms with Gasteiger partial charge in [-0.15, -0.1) is 0 Å². The van der Waals surface area contributed by atoms with Crippen LogP contribution in [-0.4, -0.2) is 24.1 Å². The normalized spacial score (nSPS) is 10.6. The summed E-state index contributed by atoms with van der Waals surface area (Å²) in [6.07, 6.45) is 0.939. The maximum absolute atomic E-state index is 12.7. The lowest BCUT2D eigenvalue weighted by atomic mass is 10.0. The Bertz CT molecular complexity index is 1050. The van der Waals surface area contributed by atoms with E-state index in [9.17, 15) is 14.7 Å². The van der Waals surface area contributed by atoms with Gasteiger partial charge in [0.05, 0.1) is 23.4 Å². The van der Waals surface area contributed by atoms with Gasteiger partial charge in [-0.3, -0.25) is 4.79 Å². The highest BCUT2D eigenvalue weighted by atomic mass is 35.5. The number of rotatable bonds is 5. The van der Waals surface area contributed by atoms with Crippen LogP contribution in [0, 0.1) is 0 Å². The van der Waals surface area contributed by atoms with Crippen molar-refractivity contribution in [3.8, 4) is 5.75 Å². The molecule has 138 valence electrons. The molecule has 0 fully saturated rings. The molecule has 0 saturated carbocycles. The minimum Gasteiger partial charge on any atom is -0.495 e. The fourth-order valence-electron chi connectivity index (χ4n) is 2.84. The van der Waals surface area contributed by atoms with Crippen LogP contribution in [-0.2, 0) is 6.42 Å². The van der Waals surface area contributed by atoms with Crippen LogP contribution in [0.25, 0.3) is 10.8 Å². The summed E-state index contributed by atoms with van der Waals surface area (Å²) in [7, 11) is 1.42. The summed E-state index contributed by atoms with van der Waals surface area (Å²) in [6, 6.07) is 14.1. The van der Waals surface area contributed by atoms with E-state index in [1.807, 2.05) is 18.2 Å². The third-order valence-electron chi connectivity index (χ3n) is 4.35. The lowest BCUT2D eigenvalue weighted by Gasteiger charge is -2.12. The number of hydrogen-bond donors (Lipinski definition) is 2. The van der Waals surface area contributed by atoms with Crippen molar-refractivity contribution in [3.05, 3.63) is 70.2 Å². The first kappa shape index (κ1) is 18.7. The van der Waals surface area contributed by atoms with E-state index in [-0.39, 0.29) is 22.0 Å². The minimum absolute atomic E-state index is 0.109. The molecule has 0 spiro atoms. The zero-order chi connectivity index (χ0) is 19.6. The molecule has 0 heterocycles. The number of benzene rings is 3. The predicted octanol–water partition coefficient (Wildman–Crippen LogP) is 5.01. The van der Waals surface area contributed by atoms with E-state index in [4.69, 9.17) is 16.3 Å². The summed E-state index contributed by atoms with van der Waals surface area (Å²) in [6.45, 7) is 2.09. The van der Waals surface area contributed by atoms with E-state index in [0.29, 0.717) is 5.56 Å². The smallest absolute Gasteiger partial charge is 0.337 e. The molecule has 0 aliphatic rings. The van der Waals surface area contributed by atoms with Gasteiger partial charge in [-0.05, 0) is 41.0 Å². The predicted molar refractivity (Wildman–Crippen MR) is 106 cm³/mol. The fourth-order valence-corrected chi connectivity index (χ4v) is 3.08. The van der Waals surface area contributed by atoms with Gasteiger partial charge in [0, 0.05) is 11.6 Å². The molecule has 0 bridgehead atoms. The number of anilines is 1. The van der Waals surface area contributed by atoms with Crippen molar-refractivity contribution in [2.24, 2.45) is 0 Å². The maximum atomic E-state index is 12.7. The molecule has 3 rings (SSSR count). The van der Waals surface area contributed by atoms with E-state index in [1.165, 1.54) is 24.8 Å². The summed E-state index contributed by atoms with van der Waals surface area (Å²) in [5.74, 6) is -1.33. The second kappa shape index (κ2) is 7.68. The molecule has 0 atom stereocenters. The third-order valence-corrected chi connectivity index (χ3v) is 4.64. The number of carbonyl (C=O) groups is 2. The Labute approximate surface area is 161 Å². The number of carbonyl (C=O) groups excluding carboxylic acids is 1. The molecule has 6 heteroatoms. The fraction of sp³-hybridized carbons (Fsp3) is 0.143. The number of carboxylic acid groups (broad SMARTS) is 1. The van der Waals surface area contributed by atoms with Crippen molar-refractivity contribution in [1.82, 2.24) is 0 Å². The monoisotopic (exact) mass is 383 g/mol. The molecule has 0 aliphatic carbocycles. The standard InChI is InChI=1S/C21H18ClNO4/c1-3-12-4-5-14-9-15(7-6-13(14)8-12)20(24)23-18-11-19(27-2)17(22)10-16(18)21(25)26/h4-11H,3H2,1-2H3,(H,23,24)(H,25,26). The molecule has 27 heavy (non-hydrogen) atoms. The number of aromatic carboxylic acids is 1. The van der Waals surface area contributed by atoms with Crippen LogP contribution in [0.2, 0.25) is 5.02 Å². The van der Waals surface area contributed by atoms with E-state index in [2.05, 4.69) is 18.3 Å². The molecule has 5 nitrogen and oxygen atoms in total. The van der Waals surface area contributed by atoms with Crippen molar-refractivity contribution in [1.29, 1.82) is 0 Å². The number of ether oxygens (including phenoxy) is 1. The summed E-state index contributed by atoms with van der Waals surface area (Å²) in [5.41, 5.74) is 1.66. The van der Waals surface area contributed by atoms with Crippen LogP contribution in [0.4, 0.5) is 5.69 Å². The highest BCUT2D eigenvalue weighted by Gasteiger charge is 2.17. The second-order valence-corrected chi connectivity index (χ2v) is 6.45. The van der Waals surface area contributed by atoms with E-state index < -0.39 is 11.9 Å². The largest absolute Gasteiger partial charge is 0.495 e. The van der Waals surface area contributed by atoms with Gasteiger partial charge >= 0.3 is 5.97 Å². The molecule has 3 aromatic carbocycles. The number of halogens is 1. The first-order chi connectivity index (χ1) is 12.9. The van der Waals surface area contributed by atoms with Gasteiger partial charge < -0.3 is 15.2 Å². The molecule has 2 N–H and O–H groups in total. The van der Waals surface area contributed by atoms with Gasteiger partial charge in [-0.25, -0.2) is 4.79 Å². The van der Waals surface area contributed by atoms with Crippen LogP contribution >= 0.6 is 11.6 Å². The minimum atomic E-state index is -1.19. The number of fused-ring (bicyclic) bond motifs is 1. The zero-order valence-corrected chi connectivity index (χ0v) is 15.6. The van der Waals surface area contributed by atoms with Crippen LogP contribution in [0.15, 0.2) is 48.5 Å². The topological polar surface area (TPSA) is 75.6 Å². The first-order valence-electron chi connectivity index (χ1n) is 8.37. The molecular formula is C21H18ClNO4. The lowest BCUT2D eigenvalue weighted by molar-refractivity contribution is 0.0698. The highest BCUT2D eigenvalue weighted by molar-refractivity contribution is 6.32. The van der Waals surface area contributed by atoms with Crippen molar-refractivity contribution in [2.45, 2.75) is 13.3 Å². The molecule has 1 amide bonds. The van der Waals surface area contributed by atoms with Crippen LogP contribution < -0.4 is 10.1 Å². The molecule has 0 saturated heterocycles. The third kappa shape index (κ3) is 3.88. The van der Waals surface area contributed by atoms with Gasteiger partial charge in [-0.1, -0.05) is 42.8 Å². The van der Waals surface area contributed by atoms with E-state index in [1.54, 1.807) is 12.1 Å². The Morgan fingerprint density at radius 2 is 1.78 bits per heavy atom. The summed E-state index contributed by atoms with van der Waals surface area (Å²) < 4.78 is 5.11. The number of methoxy groups -OCH3 is 1. The maximum Gasteiger partial charge on any atom is 0.337 e. The average molecular weight is 384 g/mol. The Balaban J connectivity index is 1.95. The van der Waals surface area contributed by atoms with Crippen LogP contribution in [0.3, 0.4) is 0 Å². The molecule has 0 unspecified atom stereocenters. The van der Waals surface area contributed by atoms with Crippen molar-refractivity contribution >= 4 is 39.9 Å². The SMILES string of the molecule is CCc1ccc2cc(C(=O)Nc3cc(OC)c(Cl)cc3C(=O)O)ccc2c1. The Kier molecular flexibility index (Phi) is 5.33. The van der Waals surface area contributed by atoms with E-state index in [0.717, 1.165) is 17.2 Å². The van der Waals surface area contributed by atoms with Gasteiger partial charge in [0.2, 0.25) is 0 Å². The Hall–Kier alpha value is -3.05.